The molecule has 1 N–H and O–H groups in total. The van der Waals surface area contributed by atoms with Crippen LogP contribution in [0.5, 0.6) is 0 Å². The SMILES string of the molecule is Cc1cncn(CC2CCN(C3CCCCNC3=O)CC2)c1=O. The van der Waals surface area contributed by atoms with Crippen molar-refractivity contribution in [1.29, 1.82) is 0 Å². The predicted molar refractivity (Wildman–Crippen MR) is 88.2 cm³/mol. The van der Waals surface area contributed by atoms with Gasteiger partial charge in [0.1, 0.15) is 0 Å². The average Bonchev–Trinajstić information content (AvgIpc) is 2.77. The molecule has 1 atom stereocenters. The van der Waals surface area contributed by atoms with Gasteiger partial charge in [0, 0.05) is 24.8 Å². The van der Waals surface area contributed by atoms with Gasteiger partial charge < -0.3 is 5.32 Å². The third kappa shape index (κ3) is 3.80. The first-order valence-corrected chi connectivity index (χ1v) is 8.68. The first kappa shape index (κ1) is 16.2. The van der Waals surface area contributed by atoms with Crippen LogP contribution in [0.2, 0.25) is 0 Å². The van der Waals surface area contributed by atoms with Gasteiger partial charge in [-0.15, -0.1) is 0 Å². The van der Waals surface area contributed by atoms with Crippen LogP contribution in [0.3, 0.4) is 0 Å². The monoisotopic (exact) mass is 318 g/mol. The van der Waals surface area contributed by atoms with E-state index in [2.05, 4.69) is 15.2 Å². The number of carbonyl (C=O) groups is 1. The first-order chi connectivity index (χ1) is 11.1. The van der Waals surface area contributed by atoms with Crippen LogP contribution in [-0.4, -0.2) is 46.0 Å². The van der Waals surface area contributed by atoms with Crippen LogP contribution in [0, 0.1) is 12.8 Å². The molecule has 1 amide bonds. The second kappa shape index (κ2) is 7.25. The molecule has 0 aromatic carbocycles. The van der Waals surface area contributed by atoms with Crippen LogP contribution >= 0.6 is 0 Å². The molecular formula is C17H26N4O2. The van der Waals surface area contributed by atoms with Crippen LogP contribution in [-0.2, 0) is 11.3 Å². The Bertz CT molecular complexity index is 605. The zero-order valence-corrected chi connectivity index (χ0v) is 13.8. The van der Waals surface area contributed by atoms with E-state index in [0.29, 0.717) is 11.5 Å². The van der Waals surface area contributed by atoms with Crippen LogP contribution in [0.1, 0.15) is 37.7 Å². The molecule has 0 radical (unpaired) electrons. The molecule has 2 aliphatic heterocycles. The van der Waals surface area contributed by atoms with Gasteiger partial charge in [0.05, 0.1) is 12.4 Å². The summed E-state index contributed by atoms with van der Waals surface area (Å²) in [6.45, 7) is 5.24. The highest BCUT2D eigenvalue weighted by Gasteiger charge is 2.30. The number of rotatable bonds is 3. The van der Waals surface area contributed by atoms with E-state index in [9.17, 15) is 9.59 Å². The molecule has 2 aliphatic rings. The summed E-state index contributed by atoms with van der Waals surface area (Å²) < 4.78 is 1.73. The quantitative estimate of drug-likeness (QED) is 0.900. The van der Waals surface area contributed by atoms with Crippen molar-refractivity contribution in [1.82, 2.24) is 19.8 Å². The lowest BCUT2D eigenvalue weighted by Crippen LogP contribution is -2.49. The molecule has 3 rings (SSSR count). The zero-order valence-electron chi connectivity index (χ0n) is 13.8. The normalized spacial score (nSPS) is 24.2. The van der Waals surface area contributed by atoms with E-state index in [1.165, 1.54) is 0 Å². The second-order valence-corrected chi connectivity index (χ2v) is 6.82. The van der Waals surface area contributed by atoms with Gasteiger partial charge in [0.15, 0.2) is 0 Å². The summed E-state index contributed by atoms with van der Waals surface area (Å²) in [5, 5.41) is 3.02. The smallest absolute Gasteiger partial charge is 0.256 e. The highest BCUT2D eigenvalue weighted by atomic mass is 16.2. The number of nitrogens with one attached hydrogen (secondary N) is 1. The van der Waals surface area contributed by atoms with Crippen molar-refractivity contribution in [3.05, 3.63) is 28.4 Å². The highest BCUT2D eigenvalue weighted by molar-refractivity contribution is 5.81. The molecule has 126 valence electrons. The molecule has 0 saturated carbocycles. The molecule has 6 nitrogen and oxygen atoms in total. The lowest BCUT2D eigenvalue weighted by Gasteiger charge is -2.36. The van der Waals surface area contributed by atoms with E-state index in [0.717, 1.165) is 58.3 Å². The first-order valence-electron chi connectivity index (χ1n) is 8.68. The number of hydrogen-bond donors (Lipinski definition) is 1. The minimum Gasteiger partial charge on any atom is -0.355 e. The maximum absolute atomic E-state index is 12.2. The fourth-order valence-electron chi connectivity index (χ4n) is 3.69. The molecule has 0 aliphatic carbocycles. The highest BCUT2D eigenvalue weighted by Crippen LogP contribution is 2.23. The third-order valence-corrected chi connectivity index (χ3v) is 5.12. The van der Waals surface area contributed by atoms with E-state index >= 15 is 0 Å². The van der Waals surface area contributed by atoms with Gasteiger partial charge in [-0.25, -0.2) is 4.98 Å². The predicted octanol–water partition coefficient (Wildman–Crippen LogP) is 0.932. The molecule has 23 heavy (non-hydrogen) atoms. The van der Waals surface area contributed by atoms with Crippen molar-refractivity contribution in [2.75, 3.05) is 19.6 Å². The van der Waals surface area contributed by atoms with Crippen molar-refractivity contribution < 1.29 is 4.79 Å². The Morgan fingerprint density at radius 1 is 1.22 bits per heavy atom. The number of likely N-dealkylation sites (tertiary alicyclic amines) is 1. The fraction of sp³-hybridized carbons (Fsp3) is 0.706. The van der Waals surface area contributed by atoms with E-state index in [1.54, 1.807) is 24.0 Å². The van der Waals surface area contributed by atoms with Crippen LogP contribution in [0.15, 0.2) is 17.3 Å². The number of amides is 1. The largest absolute Gasteiger partial charge is 0.355 e. The van der Waals surface area contributed by atoms with Gasteiger partial charge in [-0.2, -0.15) is 0 Å². The summed E-state index contributed by atoms with van der Waals surface area (Å²) in [5.41, 5.74) is 0.755. The standard InChI is InChI=1S/C17H26N4O2/c1-13-10-18-12-21(17(13)23)11-14-5-8-20(9-6-14)15-4-2-3-7-19-16(15)22/h10,12,14-15H,2-9,11H2,1H3,(H,19,22). The minimum atomic E-state index is 0.0433. The summed E-state index contributed by atoms with van der Waals surface area (Å²) in [6.07, 6.45) is 8.49. The number of aryl methyl sites for hydroxylation is 1. The molecule has 0 spiro atoms. The van der Waals surface area contributed by atoms with Gasteiger partial charge >= 0.3 is 0 Å². The molecule has 2 fully saturated rings. The maximum atomic E-state index is 12.2. The molecule has 6 heteroatoms. The van der Waals surface area contributed by atoms with Crippen molar-refractivity contribution in [3.63, 3.8) is 0 Å². The van der Waals surface area contributed by atoms with E-state index < -0.39 is 0 Å². The lowest BCUT2D eigenvalue weighted by molar-refractivity contribution is -0.126. The number of nitrogens with zero attached hydrogens (tertiary/aromatic N) is 3. The van der Waals surface area contributed by atoms with E-state index in [-0.39, 0.29) is 17.5 Å². The molecule has 1 aromatic heterocycles. The van der Waals surface area contributed by atoms with Gasteiger partial charge in [0.25, 0.3) is 5.56 Å². The van der Waals surface area contributed by atoms with Crippen molar-refractivity contribution in [3.8, 4) is 0 Å². The maximum Gasteiger partial charge on any atom is 0.256 e. The Hall–Kier alpha value is -1.69. The number of piperidine rings is 1. The Morgan fingerprint density at radius 3 is 2.78 bits per heavy atom. The molecule has 0 bridgehead atoms. The van der Waals surface area contributed by atoms with Gasteiger partial charge in [-0.05, 0) is 58.0 Å². The Balaban J connectivity index is 1.57. The Kier molecular flexibility index (Phi) is 5.10. The van der Waals surface area contributed by atoms with Crippen molar-refractivity contribution >= 4 is 5.91 Å². The van der Waals surface area contributed by atoms with Crippen LogP contribution < -0.4 is 10.9 Å². The summed E-state index contributed by atoms with van der Waals surface area (Å²) in [4.78, 5) is 30.7. The van der Waals surface area contributed by atoms with Crippen molar-refractivity contribution in [2.45, 2.75) is 51.6 Å². The number of carbonyl (C=O) groups excluding carboxylic acids is 1. The Morgan fingerprint density at radius 2 is 2.00 bits per heavy atom. The van der Waals surface area contributed by atoms with Gasteiger partial charge in [-0.1, -0.05) is 0 Å². The third-order valence-electron chi connectivity index (χ3n) is 5.12. The topological polar surface area (TPSA) is 67.2 Å². The minimum absolute atomic E-state index is 0.0433. The summed E-state index contributed by atoms with van der Waals surface area (Å²) >= 11 is 0. The zero-order chi connectivity index (χ0) is 16.2. The molecular weight excluding hydrogens is 292 g/mol. The van der Waals surface area contributed by atoms with Crippen LogP contribution in [0.25, 0.3) is 0 Å². The van der Waals surface area contributed by atoms with E-state index in [1.807, 2.05) is 0 Å². The van der Waals surface area contributed by atoms with E-state index in [4.69, 9.17) is 0 Å². The summed E-state index contributed by atoms with van der Waals surface area (Å²) in [6, 6.07) is 0.0433. The summed E-state index contributed by atoms with van der Waals surface area (Å²) in [7, 11) is 0. The fourth-order valence-corrected chi connectivity index (χ4v) is 3.69. The molecule has 1 aromatic rings. The molecule has 3 heterocycles. The average molecular weight is 318 g/mol. The lowest BCUT2D eigenvalue weighted by atomic mass is 9.94. The van der Waals surface area contributed by atoms with Crippen molar-refractivity contribution in [2.24, 2.45) is 5.92 Å². The molecule has 2 saturated heterocycles. The Labute approximate surface area is 136 Å². The number of hydrogen-bond acceptors (Lipinski definition) is 4. The summed E-state index contributed by atoms with van der Waals surface area (Å²) in [5.74, 6) is 0.682. The second-order valence-electron chi connectivity index (χ2n) is 6.82. The van der Waals surface area contributed by atoms with Gasteiger partial charge in [-0.3, -0.25) is 19.1 Å². The van der Waals surface area contributed by atoms with Gasteiger partial charge in [0.2, 0.25) is 5.91 Å². The number of aromatic nitrogens is 2. The van der Waals surface area contributed by atoms with Crippen LogP contribution in [0.4, 0.5) is 0 Å². The molecule has 1 unspecified atom stereocenters.